The third-order valence-corrected chi connectivity index (χ3v) is 2.48. The maximum Gasteiger partial charge on any atom is 0.355 e. The van der Waals surface area contributed by atoms with E-state index in [-0.39, 0.29) is 17.2 Å². The van der Waals surface area contributed by atoms with Crippen molar-refractivity contribution in [2.24, 2.45) is 0 Å². The van der Waals surface area contributed by atoms with E-state index in [4.69, 9.17) is 5.11 Å². The van der Waals surface area contributed by atoms with Gasteiger partial charge in [0, 0.05) is 6.20 Å². The van der Waals surface area contributed by atoms with Gasteiger partial charge in [0.15, 0.2) is 5.69 Å². The molecule has 2 heterocycles. The SMILES string of the molecule is CC1(C)NC(=O)c2c1ccnc2C(=O)O. The first-order valence-corrected chi connectivity index (χ1v) is 4.49. The Bertz CT molecular complexity index is 466. The molecule has 0 saturated heterocycles. The summed E-state index contributed by atoms with van der Waals surface area (Å²) >= 11 is 0. The minimum Gasteiger partial charge on any atom is -0.476 e. The van der Waals surface area contributed by atoms with Gasteiger partial charge in [0.2, 0.25) is 0 Å². The van der Waals surface area contributed by atoms with Crippen LogP contribution in [0.3, 0.4) is 0 Å². The van der Waals surface area contributed by atoms with Gasteiger partial charge in [-0.2, -0.15) is 0 Å². The van der Waals surface area contributed by atoms with Crippen LogP contribution in [0.15, 0.2) is 12.3 Å². The molecule has 1 aliphatic heterocycles. The molecule has 1 aromatic heterocycles. The quantitative estimate of drug-likeness (QED) is 0.710. The van der Waals surface area contributed by atoms with Crippen molar-refractivity contribution in [3.05, 3.63) is 29.1 Å². The first-order chi connectivity index (χ1) is 6.93. The summed E-state index contributed by atoms with van der Waals surface area (Å²) in [5.41, 5.74) is 0.144. The Hall–Kier alpha value is -1.91. The molecule has 1 amide bonds. The first kappa shape index (κ1) is 9.64. The van der Waals surface area contributed by atoms with Crippen LogP contribution in [-0.4, -0.2) is 22.0 Å². The molecule has 78 valence electrons. The van der Waals surface area contributed by atoms with Gasteiger partial charge in [-0.15, -0.1) is 0 Å². The van der Waals surface area contributed by atoms with Crippen molar-refractivity contribution < 1.29 is 14.7 Å². The van der Waals surface area contributed by atoms with Crippen LogP contribution in [0.25, 0.3) is 0 Å². The van der Waals surface area contributed by atoms with Gasteiger partial charge in [-0.3, -0.25) is 4.79 Å². The molecule has 0 saturated carbocycles. The van der Waals surface area contributed by atoms with Crippen molar-refractivity contribution in [3.8, 4) is 0 Å². The number of hydrogen-bond acceptors (Lipinski definition) is 3. The lowest BCUT2D eigenvalue weighted by Gasteiger charge is -2.18. The molecule has 5 nitrogen and oxygen atoms in total. The summed E-state index contributed by atoms with van der Waals surface area (Å²) in [5, 5.41) is 11.6. The summed E-state index contributed by atoms with van der Waals surface area (Å²) in [6.07, 6.45) is 1.41. The van der Waals surface area contributed by atoms with Gasteiger partial charge >= 0.3 is 5.97 Å². The Morgan fingerprint density at radius 2 is 2.20 bits per heavy atom. The second-order valence-corrected chi connectivity index (χ2v) is 3.97. The minimum atomic E-state index is -1.18. The maximum atomic E-state index is 11.6. The predicted octanol–water partition coefficient (Wildman–Crippen LogP) is 0.758. The second kappa shape index (κ2) is 2.79. The lowest BCUT2D eigenvalue weighted by Crippen LogP contribution is -2.32. The van der Waals surface area contributed by atoms with E-state index in [1.54, 1.807) is 6.07 Å². The van der Waals surface area contributed by atoms with Crippen molar-refractivity contribution >= 4 is 11.9 Å². The number of nitrogens with one attached hydrogen (secondary N) is 1. The highest BCUT2D eigenvalue weighted by Gasteiger charge is 2.38. The van der Waals surface area contributed by atoms with Crippen LogP contribution in [0.4, 0.5) is 0 Å². The van der Waals surface area contributed by atoms with E-state index in [1.807, 2.05) is 13.8 Å². The van der Waals surface area contributed by atoms with E-state index < -0.39 is 11.5 Å². The van der Waals surface area contributed by atoms with E-state index in [0.717, 1.165) is 0 Å². The predicted molar refractivity (Wildman–Crippen MR) is 51.7 cm³/mol. The lowest BCUT2D eigenvalue weighted by atomic mass is 9.95. The van der Waals surface area contributed by atoms with Gasteiger partial charge in [-0.25, -0.2) is 9.78 Å². The summed E-state index contributed by atoms with van der Waals surface area (Å²) in [5.74, 6) is -1.56. The van der Waals surface area contributed by atoms with Crippen LogP contribution < -0.4 is 5.32 Å². The number of carbonyl (C=O) groups excluding carboxylic acids is 1. The number of carbonyl (C=O) groups is 2. The number of rotatable bonds is 1. The summed E-state index contributed by atoms with van der Waals surface area (Å²) in [4.78, 5) is 26.2. The van der Waals surface area contributed by atoms with Crippen molar-refractivity contribution in [2.75, 3.05) is 0 Å². The molecule has 0 atom stereocenters. The van der Waals surface area contributed by atoms with Gasteiger partial charge in [0.25, 0.3) is 5.91 Å². The first-order valence-electron chi connectivity index (χ1n) is 4.49. The van der Waals surface area contributed by atoms with Crippen LogP contribution in [0.5, 0.6) is 0 Å². The average molecular weight is 206 g/mol. The molecule has 0 unspecified atom stereocenters. The summed E-state index contributed by atoms with van der Waals surface area (Å²) in [6, 6.07) is 1.67. The van der Waals surface area contributed by atoms with Crippen LogP contribution in [-0.2, 0) is 5.54 Å². The molecule has 1 aliphatic rings. The molecule has 5 heteroatoms. The Balaban J connectivity index is 2.73. The number of nitrogens with zero attached hydrogens (tertiary/aromatic N) is 1. The third-order valence-electron chi connectivity index (χ3n) is 2.48. The smallest absolute Gasteiger partial charge is 0.355 e. The maximum absolute atomic E-state index is 11.6. The highest BCUT2D eigenvalue weighted by molar-refractivity contribution is 6.07. The summed E-state index contributed by atoms with van der Waals surface area (Å²) in [7, 11) is 0. The van der Waals surface area contributed by atoms with E-state index in [1.165, 1.54) is 6.20 Å². The van der Waals surface area contributed by atoms with Gasteiger partial charge in [-0.1, -0.05) is 0 Å². The number of fused-ring (bicyclic) bond motifs is 1. The molecule has 15 heavy (non-hydrogen) atoms. The van der Waals surface area contributed by atoms with E-state index in [2.05, 4.69) is 10.3 Å². The summed E-state index contributed by atoms with van der Waals surface area (Å²) in [6.45, 7) is 3.64. The van der Waals surface area contributed by atoms with Crippen molar-refractivity contribution in [1.29, 1.82) is 0 Å². The number of amides is 1. The molecular weight excluding hydrogens is 196 g/mol. The molecule has 1 aromatic rings. The molecule has 0 aliphatic carbocycles. The lowest BCUT2D eigenvalue weighted by molar-refractivity contribution is 0.0685. The molecule has 0 aromatic carbocycles. The van der Waals surface area contributed by atoms with E-state index >= 15 is 0 Å². The number of carboxylic acid groups (broad SMARTS) is 1. The van der Waals surface area contributed by atoms with Gasteiger partial charge in [0.1, 0.15) is 0 Å². The molecule has 2 rings (SSSR count). The van der Waals surface area contributed by atoms with Crippen molar-refractivity contribution in [3.63, 3.8) is 0 Å². The second-order valence-electron chi connectivity index (χ2n) is 3.97. The fraction of sp³-hybridized carbons (Fsp3) is 0.300. The monoisotopic (exact) mass is 206 g/mol. The fourth-order valence-electron chi connectivity index (χ4n) is 1.79. The Kier molecular flexibility index (Phi) is 1.79. The van der Waals surface area contributed by atoms with Gasteiger partial charge < -0.3 is 10.4 Å². The van der Waals surface area contributed by atoms with Gasteiger partial charge in [-0.05, 0) is 25.5 Å². The van der Waals surface area contributed by atoms with E-state index in [9.17, 15) is 9.59 Å². The zero-order chi connectivity index (χ0) is 11.2. The molecule has 0 fully saturated rings. The normalized spacial score (nSPS) is 17.1. The average Bonchev–Trinajstić information content (AvgIpc) is 2.37. The fourth-order valence-corrected chi connectivity index (χ4v) is 1.79. The molecule has 0 bridgehead atoms. The largest absolute Gasteiger partial charge is 0.476 e. The van der Waals surface area contributed by atoms with Crippen molar-refractivity contribution in [1.82, 2.24) is 10.3 Å². The highest BCUT2D eigenvalue weighted by atomic mass is 16.4. The Morgan fingerprint density at radius 1 is 1.53 bits per heavy atom. The Labute approximate surface area is 86.1 Å². The van der Waals surface area contributed by atoms with Crippen molar-refractivity contribution in [2.45, 2.75) is 19.4 Å². The number of hydrogen-bond donors (Lipinski definition) is 2. The minimum absolute atomic E-state index is 0.176. The number of aromatic nitrogens is 1. The number of carboxylic acids is 1. The highest BCUT2D eigenvalue weighted by Crippen LogP contribution is 2.31. The van der Waals surface area contributed by atoms with Crippen LogP contribution in [0.1, 0.15) is 40.3 Å². The molecule has 0 spiro atoms. The van der Waals surface area contributed by atoms with E-state index in [0.29, 0.717) is 5.56 Å². The molecular formula is C10H10N2O3. The topological polar surface area (TPSA) is 79.3 Å². The van der Waals surface area contributed by atoms with Crippen LogP contribution in [0, 0.1) is 0 Å². The number of aromatic carboxylic acids is 1. The number of pyridine rings is 1. The third kappa shape index (κ3) is 1.27. The zero-order valence-corrected chi connectivity index (χ0v) is 8.37. The zero-order valence-electron chi connectivity index (χ0n) is 8.37. The Morgan fingerprint density at radius 3 is 2.80 bits per heavy atom. The molecule has 2 N–H and O–H groups in total. The molecule has 0 radical (unpaired) electrons. The standard InChI is InChI=1S/C10H10N2O3/c1-10(2)5-3-4-11-7(9(14)15)6(5)8(13)12-10/h3-4H,1-2H3,(H,12,13)(H,14,15). The van der Waals surface area contributed by atoms with Gasteiger partial charge in [0.05, 0.1) is 11.1 Å². The summed E-state index contributed by atoms with van der Waals surface area (Å²) < 4.78 is 0. The van der Waals surface area contributed by atoms with Crippen LogP contribution >= 0.6 is 0 Å². The van der Waals surface area contributed by atoms with Crippen LogP contribution in [0.2, 0.25) is 0 Å².